The highest BCUT2D eigenvalue weighted by Gasteiger charge is 2.42. The number of amides is 3. The van der Waals surface area contributed by atoms with Crippen LogP contribution in [-0.2, 0) is 9.59 Å². The molecule has 9 nitrogen and oxygen atoms in total. The van der Waals surface area contributed by atoms with E-state index in [0.717, 1.165) is 49.9 Å². The predicted octanol–water partition coefficient (Wildman–Crippen LogP) is -0.140. The van der Waals surface area contributed by atoms with Gasteiger partial charge >= 0.3 is 0 Å². The van der Waals surface area contributed by atoms with Gasteiger partial charge in [-0.25, -0.2) is 0 Å². The number of hydrogen-bond donors (Lipinski definition) is 2. The third-order valence-corrected chi connectivity index (χ3v) is 6.55. The van der Waals surface area contributed by atoms with E-state index in [0.29, 0.717) is 23.5 Å². The number of imide groups is 1. The van der Waals surface area contributed by atoms with Gasteiger partial charge in [-0.2, -0.15) is 0 Å². The number of carbonyl (C=O) groups excluding carboxylic acids is 4. The Hall–Kier alpha value is -2.78. The fraction of sp³-hybridized carbons (Fsp3) is 0.545. The molecular weight excluding hydrogens is 398 g/mol. The molecule has 0 aliphatic carbocycles. The summed E-state index contributed by atoms with van der Waals surface area (Å²) in [6.45, 7) is 5.77. The molecule has 1 aromatic rings. The highest BCUT2D eigenvalue weighted by Crippen LogP contribution is 2.30. The molecule has 3 aliphatic rings. The molecule has 2 unspecified atom stereocenters. The zero-order chi connectivity index (χ0) is 22.0. The first-order chi connectivity index (χ1) is 15.0. The van der Waals surface area contributed by atoms with Crippen LogP contribution >= 0.6 is 0 Å². The van der Waals surface area contributed by atoms with Gasteiger partial charge in [-0.15, -0.1) is 0 Å². The topological polar surface area (TPSA) is 102 Å². The van der Waals surface area contributed by atoms with Gasteiger partial charge < -0.3 is 20.3 Å². The number of nitrogens with one attached hydrogen (secondary N) is 2. The lowest BCUT2D eigenvalue weighted by Gasteiger charge is -2.39. The lowest BCUT2D eigenvalue weighted by atomic mass is 10.1. The molecule has 2 saturated heterocycles. The van der Waals surface area contributed by atoms with Crippen molar-refractivity contribution in [3.63, 3.8) is 0 Å². The largest absolute Gasteiger partial charge is 0.369 e. The van der Waals surface area contributed by atoms with Crippen molar-refractivity contribution in [2.75, 3.05) is 51.2 Å². The van der Waals surface area contributed by atoms with Crippen LogP contribution in [0.1, 0.15) is 40.0 Å². The molecule has 0 bridgehead atoms. The van der Waals surface area contributed by atoms with Gasteiger partial charge in [0.1, 0.15) is 12.3 Å². The third-order valence-electron chi connectivity index (χ3n) is 6.55. The van der Waals surface area contributed by atoms with Crippen molar-refractivity contribution >= 4 is 29.7 Å². The van der Waals surface area contributed by atoms with E-state index in [1.807, 2.05) is 6.07 Å². The van der Waals surface area contributed by atoms with Gasteiger partial charge in [0.25, 0.3) is 11.8 Å². The van der Waals surface area contributed by atoms with E-state index in [2.05, 4.69) is 20.4 Å². The quantitative estimate of drug-likeness (QED) is 0.461. The second-order valence-corrected chi connectivity index (χ2v) is 8.25. The number of fused-ring (bicyclic) bond motifs is 1. The van der Waals surface area contributed by atoms with E-state index in [4.69, 9.17) is 0 Å². The third kappa shape index (κ3) is 4.07. The zero-order valence-electron chi connectivity index (χ0n) is 17.8. The van der Waals surface area contributed by atoms with Gasteiger partial charge in [0.05, 0.1) is 11.1 Å². The Labute approximate surface area is 181 Å². The summed E-state index contributed by atoms with van der Waals surface area (Å²) in [6, 6.07) is 4.93. The number of rotatable bonds is 7. The van der Waals surface area contributed by atoms with Crippen LogP contribution in [0.5, 0.6) is 0 Å². The number of hydrogen-bond acceptors (Lipinski definition) is 7. The minimum Gasteiger partial charge on any atom is -0.369 e. The van der Waals surface area contributed by atoms with Crippen LogP contribution in [0.15, 0.2) is 18.2 Å². The van der Waals surface area contributed by atoms with E-state index in [-0.39, 0.29) is 12.8 Å². The molecule has 2 N–H and O–H groups in total. The van der Waals surface area contributed by atoms with Crippen molar-refractivity contribution in [2.24, 2.45) is 0 Å². The summed E-state index contributed by atoms with van der Waals surface area (Å²) in [5.41, 5.74) is 1.55. The van der Waals surface area contributed by atoms with Crippen molar-refractivity contribution < 1.29 is 19.2 Å². The molecule has 0 spiro atoms. The molecule has 2 atom stereocenters. The maximum Gasteiger partial charge on any atom is 0.262 e. The molecule has 3 heterocycles. The molecule has 2 fully saturated rings. The Balaban J connectivity index is 1.50. The van der Waals surface area contributed by atoms with E-state index >= 15 is 0 Å². The number of piperazine rings is 1. The summed E-state index contributed by atoms with van der Waals surface area (Å²) < 4.78 is 0. The summed E-state index contributed by atoms with van der Waals surface area (Å²) in [7, 11) is 1.45. The standard InChI is InChI=1S/C22H29N5O4/c1-23-20(29)19(3-2-12-28)27-21(30)17-5-4-15(13-18(17)22(27)31)25-8-10-26(11-9-25)16-6-7-24-14-16/h4-5,12-13,16,19,24H,2-3,6-11,14H2,1H3,(H,23,29). The van der Waals surface area contributed by atoms with E-state index in [1.165, 1.54) is 13.5 Å². The molecule has 31 heavy (non-hydrogen) atoms. The van der Waals surface area contributed by atoms with Gasteiger partial charge in [-0.3, -0.25) is 24.2 Å². The maximum atomic E-state index is 13.1. The fourth-order valence-electron chi connectivity index (χ4n) is 4.79. The molecule has 0 aromatic heterocycles. The highest BCUT2D eigenvalue weighted by atomic mass is 16.2. The van der Waals surface area contributed by atoms with E-state index < -0.39 is 23.8 Å². The molecule has 1 aromatic carbocycles. The molecule has 3 amide bonds. The number of anilines is 1. The summed E-state index contributed by atoms with van der Waals surface area (Å²) in [5, 5.41) is 5.90. The van der Waals surface area contributed by atoms with Crippen molar-refractivity contribution in [2.45, 2.75) is 31.3 Å². The number of aldehydes is 1. The van der Waals surface area contributed by atoms with Crippen LogP contribution in [0.2, 0.25) is 0 Å². The van der Waals surface area contributed by atoms with Crippen LogP contribution < -0.4 is 15.5 Å². The van der Waals surface area contributed by atoms with Crippen molar-refractivity contribution in [1.82, 2.24) is 20.4 Å². The van der Waals surface area contributed by atoms with Gasteiger partial charge in [-0.1, -0.05) is 0 Å². The van der Waals surface area contributed by atoms with Crippen LogP contribution in [0.4, 0.5) is 5.69 Å². The number of nitrogens with zero attached hydrogens (tertiary/aromatic N) is 3. The minimum absolute atomic E-state index is 0.0948. The molecule has 9 heteroatoms. The average molecular weight is 428 g/mol. The Kier molecular flexibility index (Phi) is 6.33. The smallest absolute Gasteiger partial charge is 0.262 e. The first kappa shape index (κ1) is 21.5. The van der Waals surface area contributed by atoms with Crippen molar-refractivity contribution in [3.8, 4) is 0 Å². The van der Waals surface area contributed by atoms with Gasteiger partial charge in [-0.05, 0) is 37.6 Å². The molecule has 0 radical (unpaired) electrons. The van der Waals surface area contributed by atoms with E-state index in [1.54, 1.807) is 12.1 Å². The summed E-state index contributed by atoms with van der Waals surface area (Å²) in [6.07, 6.45) is 2.08. The van der Waals surface area contributed by atoms with Crippen molar-refractivity contribution in [3.05, 3.63) is 29.3 Å². The molecule has 0 saturated carbocycles. The van der Waals surface area contributed by atoms with Gasteiger partial charge in [0, 0.05) is 57.9 Å². The SMILES string of the molecule is CNC(=O)C(CCC=O)N1C(=O)c2ccc(N3CCN(C4CCNC4)CC3)cc2C1=O. The number of carbonyl (C=O) groups is 4. The van der Waals surface area contributed by atoms with Crippen LogP contribution in [0, 0.1) is 0 Å². The lowest BCUT2D eigenvalue weighted by molar-refractivity contribution is -0.124. The summed E-state index contributed by atoms with van der Waals surface area (Å²) in [5.74, 6) is -1.41. The fourth-order valence-corrected chi connectivity index (χ4v) is 4.79. The van der Waals surface area contributed by atoms with Crippen LogP contribution in [-0.4, -0.2) is 92.2 Å². The second kappa shape index (κ2) is 9.15. The molecule has 4 rings (SSSR count). The first-order valence-corrected chi connectivity index (χ1v) is 10.9. The van der Waals surface area contributed by atoms with Crippen LogP contribution in [0.25, 0.3) is 0 Å². The number of benzene rings is 1. The predicted molar refractivity (Wildman–Crippen MR) is 115 cm³/mol. The first-order valence-electron chi connectivity index (χ1n) is 10.9. The monoisotopic (exact) mass is 427 g/mol. The van der Waals surface area contributed by atoms with Crippen LogP contribution in [0.3, 0.4) is 0 Å². The normalized spacial score (nSPS) is 22.5. The van der Waals surface area contributed by atoms with Gasteiger partial charge in [0.2, 0.25) is 5.91 Å². The average Bonchev–Trinajstić information content (AvgIpc) is 3.42. The Morgan fingerprint density at radius 3 is 2.58 bits per heavy atom. The second-order valence-electron chi connectivity index (χ2n) is 8.25. The highest BCUT2D eigenvalue weighted by molar-refractivity contribution is 6.23. The van der Waals surface area contributed by atoms with Crippen molar-refractivity contribution in [1.29, 1.82) is 0 Å². The van der Waals surface area contributed by atoms with Gasteiger partial charge in [0.15, 0.2) is 0 Å². The van der Waals surface area contributed by atoms with E-state index in [9.17, 15) is 19.2 Å². The Morgan fingerprint density at radius 2 is 1.94 bits per heavy atom. The summed E-state index contributed by atoms with van der Waals surface area (Å²) >= 11 is 0. The molecule has 166 valence electrons. The zero-order valence-corrected chi connectivity index (χ0v) is 17.8. The Bertz CT molecular complexity index is 875. The molecular formula is C22H29N5O4. The maximum absolute atomic E-state index is 13.1. The minimum atomic E-state index is -0.991. The number of likely N-dealkylation sites (N-methyl/N-ethyl adjacent to an activating group) is 1. The Morgan fingerprint density at radius 1 is 1.19 bits per heavy atom. The summed E-state index contributed by atoms with van der Waals surface area (Å²) in [4.78, 5) is 54.9. The molecule has 3 aliphatic heterocycles. The lowest BCUT2D eigenvalue weighted by Crippen LogP contribution is -2.51.